The summed E-state index contributed by atoms with van der Waals surface area (Å²) in [6.45, 7) is 10.1. The molecule has 1 atom stereocenters. The number of carbonyl (C=O) groups is 1. The number of amides is 1. The van der Waals surface area contributed by atoms with Gasteiger partial charge in [0.15, 0.2) is 0 Å². The van der Waals surface area contributed by atoms with Gasteiger partial charge < -0.3 is 10.6 Å². The average molecular weight is 259 g/mol. The molecule has 1 aliphatic rings. The summed E-state index contributed by atoms with van der Waals surface area (Å²) in [5.41, 5.74) is 2.75. The molecule has 0 spiro atoms. The molecular weight excluding hydrogens is 238 g/mol. The molecule has 1 aromatic heterocycles. The van der Waals surface area contributed by atoms with Gasteiger partial charge in [-0.1, -0.05) is 27.4 Å². The van der Waals surface area contributed by atoms with Gasteiger partial charge in [0.2, 0.25) is 5.91 Å². The van der Waals surface area contributed by atoms with E-state index in [1.54, 1.807) is 6.20 Å². The van der Waals surface area contributed by atoms with Crippen LogP contribution in [0.3, 0.4) is 0 Å². The molecule has 0 radical (unpaired) electrons. The Morgan fingerprint density at radius 3 is 2.84 bits per heavy atom. The summed E-state index contributed by atoms with van der Waals surface area (Å²) in [6.07, 6.45) is 3.38. The maximum atomic E-state index is 11.8. The van der Waals surface area contributed by atoms with E-state index in [1.165, 1.54) is 0 Å². The van der Waals surface area contributed by atoms with E-state index in [9.17, 15) is 4.79 Å². The van der Waals surface area contributed by atoms with E-state index in [0.717, 1.165) is 29.9 Å². The van der Waals surface area contributed by atoms with Crippen LogP contribution in [0.25, 0.3) is 0 Å². The molecule has 0 bridgehead atoms. The first kappa shape index (κ1) is 13.6. The SMILES string of the molecule is C=C1CCC(Nc2ccnc(C(C)(C)C)c2)C(=O)N1. The molecule has 1 aliphatic heterocycles. The second kappa shape index (κ2) is 5.03. The van der Waals surface area contributed by atoms with Crippen LogP contribution in [0, 0.1) is 0 Å². The number of carbonyl (C=O) groups excluding carboxylic acids is 1. The van der Waals surface area contributed by atoms with Crippen LogP contribution in [0.15, 0.2) is 30.6 Å². The number of hydrogen-bond acceptors (Lipinski definition) is 3. The molecule has 1 saturated heterocycles. The predicted molar refractivity (Wildman–Crippen MR) is 76.9 cm³/mol. The number of aromatic nitrogens is 1. The van der Waals surface area contributed by atoms with Crippen molar-refractivity contribution in [2.45, 2.75) is 45.1 Å². The molecule has 2 rings (SSSR count). The number of anilines is 1. The van der Waals surface area contributed by atoms with E-state index in [1.807, 2.05) is 12.1 Å². The number of rotatable bonds is 2. The topological polar surface area (TPSA) is 54.0 Å². The van der Waals surface area contributed by atoms with Gasteiger partial charge in [0, 0.05) is 28.7 Å². The van der Waals surface area contributed by atoms with Crippen LogP contribution in [0.5, 0.6) is 0 Å². The molecule has 4 heteroatoms. The monoisotopic (exact) mass is 259 g/mol. The maximum absolute atomic E-state index is 11.8. The van der Waals surface area contributed by atoms with Gasteiger partial charge in [0.1, 0.15) is 6.04 Å². The first-order valence-electron chi connectivity index (χ1n) is 6.58. The van der Waals surface area contributed by atoms with E-state index < -0.39 is 0 Å². The third kappa shape index (κ3) is 3.34. The van der Waals surface area contributed by atoms with Crippen LogP contribution < -0.4 is 10.6 Å². The number of piperidine rings is 1. The molecule has 4 nitrogen and oxygen atoms in total. The molecule has 1 unspecified atom stereocenters. The van der Waals surface area contributed by atoms with Gasteiger partial charge in [-0.2, -0.15) is 0 Å². The lowest BCUT2D eigenvalue weighted by atomic mass is 9.91. The molecule has 1 aromatic rings. The minimum atomic E-state index is -0.194. The molecule has 102 valence electrons. The van der Waals surface area contributed by atoms with Crippen molar-refractivity contribution in [2.75, 3.05) is 5.32 Å². The van der Waals surface area contributed by atoms with Crippen molar-refractivity contribution in [2.24, 2.45) is 0 Å². The highest BCUT2D eigenvalue weighted by Crippen LogP contribution is 2.23. The zero-order valence-corrected chi connectivity index (χ0v) is 11.8. The molecule has 2 heterocycles. The Hall–Kier alpha value is -1.84. The fourth-order valence-electron chi connectivity index (χ4n) is 2.04. The van der Waals surface area contributed by atoms with Crippen LogP contribution in [0.4, 0.5) is 5.69 Å². The Bertz CT molecular complexity index is 502. The number of hydrogen-bond donors (Lipinski definition) is 2. The van der Waals surface area contributed by atoms with Crippen LogP contribution in [0.2, 0.25) is 0 Å². The zero-order chi connectivity index (χ0) is 14.0. The lowest BCUT2D eigenvalue weighted by Gasteiger charge is -2.26. The van der Waals surface area contributed by atoms with Crippen LogP contribution >= 0.6 is 0 Å². The standard InChI is InChI=1S/C15H21N3O/c1-10-5-6-12(14(19)17-10)18-11-7-8-16-13(9-11)15(2,3)4/h7-9,12H,1,5-6H2,2-4H3,(H,16,18)(H,17,19). The highest BCUT2D eigenvalue weighted by atomic mass is 16.2. The van der Waals surface area contributed by atoms with Crippen molar-refractivity contribution < 1.29 is 4.79 Å². The smallest absolute Gasteiger partial charge is 0.246 e. The maximum Gasteiger partial charge on any atom is 0.246 e. The van der Waals surface area contributed by atoms with Crippen molar-refractivity contribution in [3.8, 4) is 0 Å². The number of nitrogens with zero attached hydrogens (tertiary/aromatic N) is 1. The quantitative estimate of drug-likeness (QED) is 0.858. The Morgan fingerprint density at radius 2 is 2.21 bits per heavy atom. The van der Waals surface area contributed by atoms with Gasteiger partial charge >= 0.3 is 0 Å². The average Bonchev–Trinajstić information content (AvgIpc) is 2.32. The van der Waals surface area contributed by atoms with Crippen molar-refractivity contribution in [1.29, 1.82) is 0 Å². The van der Waals surface area contributed by atoms with Crippen molar-refractivity contribution in [3.63, 3.8) is 0 Å². The summed E-state index contributed by atoms with van der Waals surface area (Å²) in [5, 5.41) is 6.05. The van der Waals surface area contributed by atoms with Crippen molar-refractivity contribution in [1.82, 2.24) is 10.3 Å². The molecule has 0 aromatic carbocycles. The summed E-state index contributed by atoms with van der Waals surface area (Å²) < 4.78 is 0. The van der Waals surface area contributed by atoms with E-state index in [2.05, 4.69) is 43.0 Å². The normalized spacial score (nSPS) is 20.1. The Morgan fingerprint density at radius 1 is 1.47 bits per heavy atom. The van der Waals surface area contributed by atoms with Gasteiger partial charge in [-0.05, 0) is 25.0 Å². The minimum absolute atomic E-state index is 0.000793. The van der Waals surface area contributed by atoms with Gasteiger partial charge in [-0.3, -0.25) is 9.78 Å². The zero-order valence-electron chi connectivity index (χ0n) is 11.8. The first-order chi connectivity index (χ1) is 8.86. The summed E-state index contributed by atoms with van der Waals surface area (Å²) >= 11 is 0. The molecule has 1 amide bonds. The van der Waals surface area contributed by atoms with Crippen molar-refractivity contribution >= 4 is 11.6 Å². The Balaban J connectivity index is 2.11. The molecular formula is C15H21N3O. The lowest BCUT2D eigenvalue weighted by molar-refractivity contribution is -0.122. The molecule has 2 N–H and O–H groups in total. The van der Waals surface area contributed by atoms with E-state index >= 15 is 0 Å². The number of nitrogens with one attached hydrogen (secondary N) is 2. The van der Waals surface area contributed by atoms with Crippen LogP contribution in [-0.2, 0) is 10.2 Å². The third-order valence-electron chi connectivity index (χ3n) is 3.22. The van der Waals surface area contributed by atoms with E-state index in [4.69, 9.17) is 0 Å². The highest BCUT2D eigenvalue weighted by Gasteiger charge is 2.24. The highest BCUT2D eigenvalue weighted by molar-refractivity contribution is 5.87. The lowest BCUT2D eigenvalue weighted by Crippen LogP contribution is -2.43. The van der Waals surface area contributed by atoms with Gasteiger partial charge in [0.25, 0.3) is 0 Å². The molecule has 1 fully saturated rings. The third-order valence-corrected chi connectivity index (χ3v) is 3.22. The Kier molecular flexibility index (Phi) is 3.60. The number of pyridine rings is 1. The first-order valence-corrected chi connectivity index (χ1v) is 6.58. The predicted octanol–water partition coefficient (Wildman–Crippen LogP) is 2.58. The summed E-state index contributed by atoms with van der Waals surface area (Å²) in [7, 11) is 0. The second-order valence-corrected chi connectivity index (χ2v) is 6.01. The van der Waals surface area contributed by atoms with Gasteiger partial charge in [0.05, 0.1) is 0 Å². The number of allylic oxidation sites excluding steroid dienone is 1. The van der Waals surface area contributed by atoms with E-state index in [0.29, 0.717) is 0 Å². The summed E-state index contributed by atoms with van der Waals surface area (Å²) in [4.78, 5) is 16.2. The molecule has 19 heavy (non-hydrogen) atoms. The fourth-order valence-corrected chi connectivity index (χ4v) is 2.04. The van der Waals surface area contributed by atoms with Crippen LogP contribution in [-0.4, -0.2) is 16.9 Å². The van der Waals surface area contributed by atoms with Crippen molar-refractivity contribution in [3.05, 3.63) is 36.3 Å². The fraction of sp³-hybridized carbons (Fsp3) is 0.467. The molecule has 0 aliphatic carbocycles. The van der Waals surface area contributed by atoms with Gasteiger partial charge in [-0.15, -0.1) is 0 Å². The second-order valence-electron chi connectivity index (χ2n) is 6.01. The minimum Gasteiger partial charge on any atom is -0.374 e. The summed E-state index contributed by atoms with van der Waals surface area (Å²) in [6, 6.07) is 3.71. The summed E-state index contributed by atoms with van der Waals surface area (Å²) in [5.74, 6) is -0.00892. The van der Waals surface area contributed by atoms with E-state index in [-0.39, 0.29) is 17.4 Å². The molecule has 0 saturated carbocycles. The van der Waals surface area contributed by atoms with Gasteiger partial charge in [-0.25, -0.2) is 0 Å². The largest absolute Gasteiger partial charge is 0.374 e. The van der Waals surface area contributed by atoms with Crippen LogP contribution in [0.1, 0.15) is 39.3 Å². The Labute approximate surface area is 114 Å².